The Morgan fingerprint density at radius 1 is 1.62 bits per heavy atom. The van der Waals surface area contributed by atoms with Gasteiger partial charge in [0, 0.05) is 0 Å². The average molecular weight is 256 g/mol. The van der Waals surface area contributed by atoms with E-state index in [-0.39, 0.29) is 24.9 Å². The van der Waals surface area contributed by atoms with E-state index in [4.69, 9.17) is 16.3 Å². The Kier molecular flexibility index (Phi) is 4.21. The molecule has 0 radical (unpaired) electrons. The number of Topliss-reactive ketones (excluding diaryl/α,β-unsaturated/α-hetero) is 1. The van der Waals surface area contributed by atoms with Gasteiger partial charge in [0.05, 0.1) is 30.6 Å². The normalized spacial score (nSPS) is 29.4. The summed E-state index contributed by atoms with van der Waals surface area (Å²) < 4.78 is 29.1. The molecule has 1 N–H and O–H groups in total. The summed E-state index contributed by atoms with van der Waals surface area (Å²) in [5.41, 5.74) is -1.02. The second-order valence-electron chi connectivity index (χ2n) is 3.85. The second-order valence-corrected chi connectivity index (χ2v) is 4.12. The molecule has 92 valence electrons. The summed E-state index contributed by atoms with van der Waals surface area (Å²) >= 11 is 5.42. The lowest BCUT2D eigenvalue weighted by Crippen LogP contribution is -2.51. The van der Waals surface area contributed by atoms with Crippen LogP contribution in [0.1, 0.15) is 6.92 Å². The molecule has 0 aromatic rings. The topological polar surface area (TPSA) is 55.4 Å². The van der Waals surface area contributed by atoms with Crippen molar-refractivity contribution in [3.8, 4) is 0 Å². The Hall–Kier alpha value is -0.750. The predicted octanol–water partition coefficient (Wildman–Crippen LogP) is 0.581. The summed E-state index contributed by atoms with van der Waals surface area (Å²) in [7, 11) is 0. The molecule has 1 aliphatic rings. The Morgan fingerprint density at radius 2 is 2.25 bits per heavy atom. The fraction of sp³-hybridized carbons (Fsp3) is 0.778. The van der Waals surface area contributed by atoms with Crippen LogP contribution in [-0.4, -0.2) is 43.3 Å². The Bertz CT molecular complexity index is 300. The van der Waals surface area contributed by atoms with Gasteiger partial charge in [-0.2, -0.15) is 8.78 Å². The summed E-state index contributed by atoms with van der Waals surface area (Å²) in [6.45, 7) is 1.66. The molecular formula is C9H12ClF2NO3. The number of rotatable bonds is 4. The van der Waals surface area contributed by atoms with Crippen molar-refractivity contribution in [3.63, 3.8) is 0 Å². The maximum Gasteiger partial charge on any atom is 0.315 e. The maximum absolute atomic E-state index is 12.1. The van der Waals surface area contributed by atoms with Crippen LogP contribution in [-0.2, 0) is 14.3 Å². The fourth-order valence-electron chi connectivity index (χ4n) is 1.54. The molecule has 0 spiro atoms. The highest BCUT2D eigenvalue weighted by molar-refractivity contribution is 6.28. The number of carbonyl (C=O) groups is 2. The van der Waals surface area contributed by atoms with Gasteiger partial charge in [-0.15, -0.1) is 11.6 Å². The highest BCUT2D eigenvalue weighted by atomic mass is 35.5. The molecule has 0 aromatic carbocycles. The van der Waals surface area contributed by atoms with Gasteiger partial charge in [0.2, 0.25) is 0 Å². The number of hydrogen-bond donors (Lipinski definition) is 1. The summed E-state index contributed by atoms with van der Waals surface area (Å²) in [4.78, 5) is 22.4. The van der Waals surface area contributed by atoms with Gasteiger partial charge in [-0.1, -0.05) is 0 Å². The van der Waals surface area contributed by atoms with Gasteiger partial charge >= 0.3 is 6.43 Å². The van der Waals surface area contributed by atoms with E-state index in [1.165, 1.54) is 0 Å². The number of ketones is 1. The van der Waals surface area contributed by atoms with E-state index in [9.17, 15) is 18.4 Å². The van der Waals surface area contributed by atoms with Gasteiger partial charge < -0.3 is 10.1 Å². The molecule has 1 saturated heterocycles. The summed E-state index contributed by atoms with van der Waals surface area (Å²) in [6, 6.07) is -0.750. The molecule has 1 amide bonds. The van der Waals surface area contributed by atoms with Crippen LogP contribution in [0.4, 0.5) is 8.78 Å². The summed E-state index contributed by atoms with van der Waals surface area (Å²) in [5.74, 6) is -1.96. The molecule has 1 rings (SSSR count). The zero-order valence-corrected chi connectivity index (χ0v) is 9.39. The lowest BCUT2D eigenvalue weighted by Gasteiger charge is -2.27. The zero-order chi connectivity index (χ0) is 12.3. The van der Waals surface area contributed by atoms with E-state index in [2.05, 4.69) is 5.32 Å². The largest absolute Gasteiger partial charge is 0.378 e. The molecular weight excluding hydrogens is 244 g/mol. The minimum atomic E-state index is -3.10. The van der Waals surface area contributed by atoms with Crippen LogP contribution >= 0.6 is 11.6 Å². The van der Waals surface area contributed by atoms with Gasteiger partial charge in [0.15, 0.2) is 5.78 Å². The minimum absolute atomic E-state index is 0.0393. The first kappa shape index (κ1) is 13.3. The third-order valence-corrected chi connectivity index (χ3v) is 2.97. The van der Waals surface area contributed by atoms with Gasteiger partial charge in [0.25, 0.3) is 5.91 Å². The number of ether oxygens (including phenoxy) is 1. The van der Waals surface area contributed by atoms with Crippen molar-refractivity contribution in [2.45, 2.75) is 19.4 Å². The lowest BCUT2D eigenvalue weighted by atomic mass is 9.81. The van der Waals surface area contributed by atoms with E-state index >= 15 is 0 Å². The molecule has 0 bridgehead atoms. The van der Waals surface area contributed by atoms with Gasteiger partial charge in [0.1, 0.15) is 0 Å². The van der Waals surface area contributed by atoms with Crippen molar-refractivity contribution >= 4 is 23.3 Å². The van der Waals surface area contributed by atoms with E-state index in [1.807, 2.05) is 0 Å². The number of carbonyl (C=O) groups excluding carboxylic acids is 2. The molecule has 1 aliphatic heterocycles. The van der Waals surface area contributed by atoms with Gasteiger partial charge in [-0.25, -0.2) is 0 Å². The van der Waals surface area contributed by atoms with Crippen molar-refractivity contribution in [2.24, 2.45) is 5.41 Å². The van der Waals surface area contributed by atoms with Crippen LogP contribution in [0.5, 0.6) is 0 Å². The quantitative estimate of drug-likeness (QED) is 0.748. The van der Waals surface area contributed by atoms with Crippen LogP contribution in [0, 0.1) is 5.41 Å². The molecule has 4 nitrogen and oxygen atoms in total. The smallest absolute Gasteiger partial charge is 0.315 e. The van der Waals surface area contributed by atoms with Crippen molar-refractivity contribution < 1.29 is 23.1 Å². The molecule has 0 aliphatic carbocycles. The third kappa shape index (κ3) is 2.49. The van der Waals surface area contributed by atoms with Gasteiger partial charge in [-0.05, 0) is 6.92 Å². The van der Waals surface area contributed by atoms with Crippen molar-refractivity contribution in [1.82, 2.24) is 5.32 Å². The lowest BCUT2D eigenvalue weighted by molar-refractivity contribution is -0.134. The van der Waals surface area contributed by atoms with Crippen molar-refractivity contribution in [1.29, 1.82) is 0 Å². The Balaban J connectivity index is 2.72. The van der Waals surface area contributed by atoms with E-state index in [0.29, 0.717) is 0 Å². The van der Waals surface area contributed by atoms with Gasteiger partial charge in [-0.3, -0.25) is 9.59 Å². The molecule has 0 aromatic heterocycles. The SMILES string of the molecule is CC1(C(=O)CCl)COCC1NC(=O)C(F)F. The molecule has 0 saturated carbocycles. The first-order chi connectivity index (χ1) is 7.41. The molecule has 16 heavy (non-hydrogen) atoms. The molecule has 2 atom stereocenters. The standard InChI is InChI=1S/C9H12ClF2NO3/c1-9(6(14)2-10)4-16-3-5(9)13-8(15)7(11)12/h5,7H,2-4H2,1H3,(H,13,15). The second kappa shape index (κ2) is 5.05. The zero-order valence-electron chi connectivity index (χ0n) is 8.63. The predicted molar refractivity (Wildman–Crippen MR) is 52.6 cm³/mol. The fourth-order valence-corrected chi connectivity index (χ4v) is 1.84. The Labute approximate surface area is 96.3 Å². The molecule has 7 heteroatoms. The first-order valence-corrected chi connectivity index (χ1v) is 5.21. The van der Waals surface area contributed by atoms with Crippen LogP contribution in [0.15, 0.2) is 0 Å². The summed E-state index contributed by atoms with van der Waals surface area (Å²) in [6.07, 6.45) is -3.10. The van der Waals surface area contributed by atoms with Crippen molar-refractivity contribution in [3.05, 3.63) is 0 Å². The van der Waals surface area contributed by atoms with Crippen LogP contribution in [0.3, 0.4) is 0 Å². The highest BCUT2D eigenvalue weighted by Crippen LogP contribution is 2.30. The number of amides is 1. The number of alkyl halides is 3. The molecule has 1 heterocycles. The van der Waals surface area contributed by atoms with E-state index in [0.717, 1.165) is 0 Å². The highest BCUT2D eigenvalue weighted by Gasteiger charge is 2.46. The van der Waals surface area contributed by atoms with Crippen molar-refractivity contribution in [2.75, 3.05) is 19.1 Å². The monoisotopic (exact) mass is 255 g/mol. The van der Waals surface area contributed by atoms with Crippen LogP contribution in [0.2, 0.25) is 0 Å². The van der Waals surface area contributed by atoms with Crippen LogP contribution in [0.25, 0.3) is 0 Å². The Morgan fingerprint density at radius 3 is 2.75 bits per heavy atom. The third-order valence-electron chi connectivity index (χ3n) is 2.73. The minimum Gasteiger partial charge on any atom is -0.378 e. The molecule has 1 fully saturated rings. The first-order valence-electron chi connectivity index (χ1n) is 4.67. The van der Waals surface area contributed by atoms with E-state index < -0.39 is 23.8 Å². The number of nitrogens with one attached hydrogen (secondary N) is 1. The van der Waals surface area contributed by atoms with Crippen LogP contribution < -0.4 is 5.32 Å². The van der Waals surface area contributed by atoms with E-state index in [1.54, 1.807) is 6.92 Å². The number of hydrogen-bond acceptors (Lipinski definition) is 3. The summed E-state index contributed by atoms with van der Waals surface area (Å²) in [5, 5.41) is 2.09. The average Bonchev–Trinajstić information content (AvgIpc) is 2.60. The molecule has 2 unspecified atom stereocenters. The number of halogens is 3. The maximum atomic E-state index is 12.1.